The summed E-state index contributed by atoms with van der Waals surface area (Å²) in [6.07, 6.45) is 8.40. The van der Waals surface area contributed by atoms with Gasteiger partial charge in [0, 0.05) is 32.3 Å². The lowest BCUT2D eigenvalue weighted by molar-refractivity contribution is 0.0903. The lowest BCUT2D eigenvalue weighted by Gasteiger charge is -2.37. The van der Waals surface area contributed by atoms with E-state index in [2.05, 4.69) is 29.2 Å². The second kappa shape index (κ2) is 7.99. The largest absolute Gasteiger partial charge is 0.381 e. The van der Waals surface area contributed by atoms with Crippen molar-refractivity contribution in [2.45, 2.75) is 57.5 Å². The minimum Gasteiger partial charge on any atom is -0.381 e. The SMILES string of the molecule is CC1CCCCC1N(C)c1cnc(C(N)=O)c(NC2CCOCC2)n1. The predicted octanol–water partition coefficient (Wildman–Crippen LogP) is 2.18. The van der Waals surface area contributed by atoms with Crippen molar-refractivity contribution in [2.75, 3.05) is 30.5 Å². The van der Waals surface area contributed by atoms with E-state index in [4.69, 9.17) is 15.5 Å². The van der Waals surface area contributed by atoms with E-state index in [9.17, 15) is 4.79 Å². The average Bonchev–Trinajstić information content (AvgIpc) is 2.62. The van der Waals surface area contributed by atoms with E-state index >= 15 is 0 Å². The molecule has 25 heavy (non-hydrogen) atoms. The van der Waals surface area contributed by atoms with E-state index in [-0.39, 0.29) is 11.7 Å². The second-order valence-corrected chi connectivity index (χ2v) is 7.26. The first-order chi connectivity index (χ1) is 12.1. The number of ether oxygens (including phenoxy) is 1. The lowest BCUT2D eigenvalue weighted by atomic mass is 9.85. The molecular weight excluding hydrogens is 318 g/mol. The number of nitrogens with one attached hydrogen (secondary N) is 1. The fraction of sp³-hybridized carbons (Fsp3) is 0.722. The van der Waals surface area contributed by atoms with Gasteiger partial charge in [0.05, 0.1) is 6.20 Å². The number of nitrogens with two attached hydrogens (primary N) is 1. The van der Waals surface area contributed by atoms with Gasteiger partial charge in [-0.1, -0.05) is 19.8 Å². The monoisotopic (exact) mass is 347 g/mol. The third-order valence-electron chi connectivity index (χ3n) is 5.48. The molecular formula is C18H29N5O2. The number of nitrogens with zero attached hydrogens (tertiary/aromatic N) is 3. The third kappa shape index (κ3) is 4.21. The number of anilines is 2. The van der Waals surface area contributed by atoms with Crippen LogP contribution >= 0.6 is 0 Å². The molecule has 138 valence electrons. The summed E-state index contributed by atoms with van der Waals surface area (Å²) in [6.45, 7) is 3.74. The van der Waals surface area contributed by atoms with Gasteiger partial charge in [0.1, 0.15) is 5.82 Å². The normalized spacial score (nSPS) is 24.7. The van der Waals surface area contributed by atoms with Crippen LogP contribution in [0.4, 0.5) is 11.6 Å². The Bertz CT molecular complexity index is 603. The quantitative estimate of drug-likeness (QED) is 0.848. The summed E-state index contributed by atoms with van der Waals surface area (Å²) in [6, 6.07) is 0.689. The summed E-state index contributed by atoms with van der Waals surface area (Å²) < 4.78 is 5.39. The molecule has 1 aliphatic carbocycles. The zero-order valence-corrected chi connectivity index (χ0v) is 15.2. The van der Waals surface area contributed by atoms with Gasteiger partial charge in [0.2, 0.25) is 0 Å². The molecule has 3 rings (SSSR count). The maximum absolute atomic E-state index is 11.7. The summed E-state index contributed by atoms with van der Waals surface area (Å²) in [7, 11) is 2.07. The van der Waals surface area contributed by atoms with Gasteiger partial charge in [-0.15, -0.1) is 0 Å². The summed E-state index contributed by atoms with van der Waals surface area (Å²) in [5.74, 6) is 1.36. The highest BCUT2D eigenvalue weighted by Crippen LogP contribution is 2.30. The van der Waals surface area contributed by atoms with Gasteiger partial charge < -0.3 is 20.7 Å². The number of rotatable bonds is 5. The fourth-order valence-electron chi connectivity index (χ4n) is 3.91. The number of aromatic nitrogens is 2. The number of amides is 1. The topological polar surface area (TPSA) is 93.4 Å². The van der Waals surface area contributed by atoms with Crippen LogP contribution < -0.4 is 16.0 Å². The molecule has 7 nitrogen and oxygen atoms in total. The molecule has 1 aromatic rings. The van der Waals surface area contributed by atoms with Gasteiger partial charge in [-0.3, -0.25) is 4.79 Å². The van der Waals surface area contributed by atoms with Crippen molar-refractivity contribution >= 4 is 17.5 Å². The third-order valence-corrected chi connectivity index (χ3v) is 5.48. The Hall–Kier alpha value is -1.89. The van der Waals surface area contributed by atoms with Crippen LogP contribution in [-0.2, 0) is 4.74 Å². The Morgan fingerprint density at radius 2 is 2.00 bits per heavy atom. The van der Waals surface area contributed by atoms with Gasteiger partial charge in [-0.2, -0.15) is 0 Å². The van der Waals surface area contributed by atoms with Crippen LogP contribution in [-0.4, -0.2) is 48.2 Å². The van der Waals surface area contributed by atoms with Gasteiger partial charge in [0.25, 0.3) is 5.91 Å². The Morgan fingerprint density at radius 1 is 1.28 bits per heavy atom. The Kier molecular flexibility index (Phi) is 5.73. The molecule has 2 fully saturated rings. The number of primary amides is 1. The van der Waals surface area contributed by atoms with E-state index in [0.29, 0.717) is 17.8 Å². The van der Waals surface area contributed by atoms with E-state index in [0.717, 1.165) is 31.9 Å². The molecule has 2 atom stereocenters. The molecule has 1 aromatic heterocycles. The van der Waals surface area contributed by atoms with Crippen LogP contribution in [0, 0.1) is 5.92 Å². The molecule has 2 unspecified atom stereocenters. The van der Waals surface area contributed by atoms with Crippen LogP contribution in [0.5, 0.6) is 0 Å². The lowest BCUT2D eigenvalue weighted by Crippen LogP contribution is -2.40. The average molecular weight is 347 g/mol. The van der Waals surface area contributed by atoms with Gasteiger partial charge in [-0.25, -0.2) is 9.97 Å². The zero-order chi connectivity index (χ0) is 17.8. The van der Waals surface area contributed by atoms with E-state index in [1.54, 1.807) is 6.20 Å². The van der Waals surface area contributed by atoms with Crippen molar-refractivity contribution in [1.82, 2.24) is 9.97 Å². The van der Waals surface area contributed by atoms with Gasteiger partial charge >= 0.3 is 0 Å². The number of carbonyl (C=O) groups is 1. The van der Waals surface area contributed by atoms with Crippen molar-refractivity contribution < 1.29 is 9.53 Å². The molecule has 3 N–H and O–H groups in total. The molecule has 0 aromatic carbocycles. The first kappa shape index (κ1) is 17.9. The van der Waals surface area contributed by atoms with E-state index in [1.165, 1.54) is 25.7 Å². The zero-order valence-electron chi connectivity index (χ0n) is 15.2. The van der Waals surface area contributed by atoms with Crippen molar-refractivity contribution in [3.05, 3.63) is 11.9 Å². The van der Waals surface area contributed by atoms with Crippen molar-refractivity contribution in [1.29, 1.82) is 0 Å². The molecule has 1 saturated heterocycles. The summed E-state index contributed by atoms with van der Waals surface area (Å²) in [4.78, 5) is 23.0. The van der Waals surface area contributed by atoms with Crippen molar-refractivity contribution in [3.63, 3.8) is 0 Å². The fourth-order valence-corrected chi connectivity index (χ4v) is 3.91. The molecule has 1 amide bonds. The Labute approximate surface area is 149 Å². The summed E-state index contributed by atoms with van der Waals surface area (Å²) >= 11 is 0. The van der Waals surface area contributed by atoms with E-state index in [1.807, 2.05) is 0 Å². The van der Waals surface area contributed by atoms with Crippen LogP contribution in [0.25, 0.3) is 0 Å². The second-order valence-electron chi connectivity index (χ2n) is 7.26. The molecule has 2 heterocycles. The molecule has 0 bridgehead atoms. The van der Waals surface area contributed by atoms with Gasteiger partial charge in [0.15, 0.2) is 11.5 Å². The minimum absolute atomic E-state index is 0.209. The van der Waals surface area contributed by atoms with Crippen LogP contribution in [0.2, 0.25) is 0 Å². The Balaban J connectivity index is 1.82. The van der Waals surface area contributed by atoms with Gasteiger partial charge in [-0.05, 0) is 31.6 Å². The molecule has 0 radical (unpaired) electrons. The number of hydrogen-bond acceptors (Lipinski definition) is 6. The van der Waals surface area contributed by atoms with Crippen molar-refractivity contribution in [2.24, 2.45) is 11.7 Å². The first-order valence-corrected chi connectivity index (χ1v) is 9.30. The smallest absolute Gasteiger partial charge is 0.271 e. The highest BCUT2D eigenvalue weighted by molar-refractivity contribution is 5.95. The summed E-state index contributed by atoms with van der Waals surface area (Å²) in [5.41, 5.74) is 5.70. The van der Waals surface area contributed by atoms with Crippen molar-refractivity contribution in [3.8, 4) is 0 Å². The van der Waals surface area contributed by atoms with E-state index < -0.39 is 5.91 Å². The maximum atomic E-state index is 11.7. The van der Waals surface area contributed by atoms with Crippen LogP contribution in [0.1, 0.15) is 55.9 Å². The summed E-state index contributed by atoms with van der Waals surface area (Å²) in [5, 5.41) is 3.36. The highest BCUT2D eigenvalue weighted by atomic mass is 16.5. The number of carbonyl (C=O) groups excluding carboxylic acids is 1. The van der Waals surface area contributed by atoms with Crippen LogP contribution in [0.3, 0.4) is 0 Å². The molecule has 2 aliphatic rings. The number of hydrogen-bond donors (Lipinski definition) is 2. The van der Waals surface area contributed by atoms with Crippen LogP contribution in [0.15, 0.2) is 6.20 Å². The Morgan fingerprint density at radius 3 is 2.68 bits per heavy atom. The molecule has 1 saturated carbocycles. The first-order valence-electron chi connectivity index (χ1n) is 9.30. The molecule has 1 aliphatic heterocycles. The standard InChI is InChI=1S/C18H29N5O2/c1-12-5-3-4-6-14(12)23(2)15-11-20-16(17(19)24)18(22-15)21-13-7-9-25-10-8-13/h11-14H,3-10H2,1-2H3,(H2,19,24)(H,21,22). The molecule has 7 heteroatoms. The maximum Gasteiger partial charge on any atom is 0.271 e. The highest BCUT2D eigenvalue weighted by Gasteiger charge is 2.27. The molecule has 0 spiro atoms. The minimum atomic E-state index is -0.553. The predicted molar refractivity (Wildman–Crippen MR) is 97.8 cm³/mol.